The van der Waals surface area contributed by atoms with E-state index in [1.54, 1.807) is 23.1 Å². The van der Waals surface area contributed by atoms with Crippen molar-refractivity contribution in [3.63, 3.8) is 0 Å². The summed E-state index contributed by atoms with van der Waals surface area (Å²) in [6.07, 6.45) is 8.92. The van der Waals surface area contributed by atoms with Gasteiger partial charge in [-0.3, -0.25) is 4.90 Å². The number of hydrogen-bond acceptors (Lipinski definition) is 5. The fourth-order valence-electron chi connectivity index (χ4n) is 5.29. The fraction of sp³-hybridized carbons (Fsp3) is 0.519. The molecule has 9 heteroatoms. The monoisotopic (exact) mass is 514 g/mol. The molecule has 1 aromatic carbocycles. The minimum absolute atomic E-state index is 0.0215. The molecule has 2 aliphatic carbocycles. The zero-order chi connectivity index (χ0) is 25.4. The largest absolute Gasteiger partial charge is 0.487 e. The van der Waals surface area contributed by atoms with E-state index in [0.29, 0.717) is 23.9 Å². The number of allylic oxidation sites excluding steroid dienone is 3. The summed E-state index contributed by atoms with van der Waals surface area (Å²) in [5.41, 5.74) is -0.592. The number of carbonyl (C=O) groups is 1. The third-order valence-corrected chi connectivity index (χ3v) is 7.19. The second-order valence-electron chi connectivity index (χ2n) is 10.8. The maximum atomic E-state index is 14.0. The van der Waals surface area contributed by atoms with Crippen molar-refractivity contribution in [1.29, 1.82) is 0 Å². The van der Waals surface area contributed by atoms with Crippen LogP contribution in [0.4, 0.5) is 9.18 Å². The first-order valence-corrected chi connectivity index (χ1v) is 12.9. The zero-order valence-corrected chi connectivity index (χ0v) is 21.6. The van der Waals surface area contributed by atoms with Gasteiger partial charge in [0.2, 0.25) is 0 Å². The summed E-state index contributed by atoms with van der Waals surface area (Å²) < 4.78 is 27.8. The van der Waals surface area contributed by atoms with Crippen LogP contribution in [0.15, 0.2) is 47.5 Å². The number of ether oxygens (including phenoxy) is 2. The van der Waals surface area contributed by atoms with Crippen LogP contribution in [0.1, 0.15) is 70.1 Å². The lowest BCUT2D eigenvalue weighted by Gasteiger charge is -2.32. The van der Waals surface area contributed by atoms with E-state index in [4.69, 9.17) is 21.1 Å². The molecule has 1 fully saturated rings. The van der Waals surface area contributed by atoms with Crippen LogP contribution in [0.25, 0.3) is 0 Å². The van der Waals surface area contributed by atoms with Crippen LogP contribution in [0.5, 0.6) is 5.75 Å². The number of carbonyl (C=O) groups excluding carboxylic acids is 1. The molecule has 0 radical (unpaired) electrons. The van der Waals surface area contributed by atoms with Gasteiger partial charge in [0.05, 0.1) is 18.7 Å². The molecule has 1 amide bonds. The van der Waals surface area contributed by atoms with Crippen molar-refractivity contribution in [2.45, 2.75) is 76.7 Å². The molecule has 1 aliphatic heterocycles. The van der Waals surface area contributed by atoms with Gasteiger partial charge >= 0.3 is 6.09 Å². The van der Waals surface area contributed by atoms with Crippen molar-refractivity contribution in [2.24, 2.45) is 5.92 Å². The van der Waals surface area contributed by atoms with Gasteiger partial charge in [0.25, 0.3) is 0 Å². The maximum absolute atomic E-state index is 14.0. The predicted octanol–water partition coefficient (Wildman–Crippen LogP) is 6.12. The van der Waals surface area contributed by atoms with E-state index in [0.717, 1.165) is 37.3 Å². The van der Waals surface area contributed by atoms with Crippen molar-refractivity contribution in [3.8, 4) is 5.75 Å². The highest BCUT2D eigenvalue weighted by molar-refractivity contribution is 6.31. The molecule has 0 bridgehead atoms. The molecule has 2 aromatic rings. The molecule has 2 unspecified atom stereocenters. The van der Waals surface area contributed by atoms with Gasteiger partial charge < -0.3 is 14.0 Å². The van der Waals surface area contributed by atoms with E-state index in [1.807, 2.05) is 32.9 Å². The first-order chi connectivity index (χ1) is 17.2. The van der Waals surface area contributed by atoms with Crippen LogP contribution in [0, 0.1) is 11.7 Å². The summed E-state index contributed by atoms with van der Waals surface area (Å²) in [5, 5.41) is 9.79. The number of hydrogen-bond donors (Lipinski definition) is 0. The third kappa shape index (κ3) is 5.28. The van der Waals surface area contributed by atoms with E-state index >= 15 is 0 Å². The normalized spacial score (nSPS) is 25.9. The first-order valence-electron chi connectivity index (χ1n) is 12.6. The molecule has 1 aromatic heterocycles. The number of rotatable bonds is 3. The van der Waals surface area contributed by atoms with E-state index in [2.05, 4.69) is 20.8 Å². The van der Waals surface area contributed by atoms with Gasteiger partial charge in [-0.25, -0.2) is 9.18 Å². The SMILES string of the molecule is CC(C)(C)OC(=O)N1Cc2nnc([C@H]3CC[C@H](Oc4ccccc4F)CC3)n2C2C=CC(Cl)=CC2C1. The minimum atomic E-state index is -0.592. The Morgan fingerprint density at radius 3 is 2.61 bits per heavy atom. The highest BCUT2D eigenvalue weighted by Gasteiger charge is 2.38. The molecule has 192 valence electrons. The van der Waals surface area contributed by atoms with Gasteiger partial charge in [-0.05, 0) is 64.7 Å². The Morgan fingerprint density at radius 2 is 1.89 bits per heavy atom. The Balaban J connectivity index is 1.36. The second-order valence-corrected chi connectivity index (χ2v) is 11.2. The molecule has 0 N–H and O–H groups in total. The smallest absolute Gasteiger partial charge is 0.410 e. The molecule has 36 heavy (non-hydrogen) atoms. The lowest BCUT2D eigenvalue weighted by Crippen LogP contribution is -2.38. The van der Waals surface area contributed by atoms with Gasteiger partial charge in [-0.15, -0.1) is 10.2 Å². The predicted molar refractivity (Wildman–Crippen MR) is 134 cm³/mol. The van der Waals surface area contributed by atoms with Crippen LogP contribution in [0.2, 0.25) is 0 Å². The van der Waals surface area contributed by atoms with E-state index < -0.39 is 5.60 Å². The van der Waals surface area contributed by atoms with E-state index in [9.17, 15) is 9.18 Å². The number of para-hydroxylation sites is 1. The highest BCUT2D eigenvalue weighted by atomic mass is 35.5. The average molecular weight is 515 g/mol. The Hall–Kier alpha value is -2.87. The van der Waals surface area contributed by atoms with Gasteiger partial charge in [0, 0.05) is 23.4 Å². The quantitative estimate of drug-likeness (QED) is 0.493. The molecule has 3 aliphatic rings. The maximum Gasteiger partial charge on any atom is 0.410 e. The first kappa shape index (κ1) is 24.8. The van der Waals surface area contributed by atoms with Crippen molar-refractivity contribution >= 4 is 17.7 Å². The lowest BCUT2D eigenvalue weighted by molar-refractivity contribution is 0.0216. The van der Waals surface area contributed by atoms with Crippen molar-refractivity contribution in [2.75, 3.05) is 6.54 Å². The molecule has 2 atom stereocenters. The number of halogens is 2. The van der Waals surface area contributed by atoms with Gasteiger partial charge in [-0.1, -0.05) is 35.9 Å². The summed E-state index contributed by atoms with van der Waals surface area (Å²) in [6, 6.07) is 6.50. The molecule has 0 saturated heterocycles. The summed E-state index contributed by atoms with van der Waals surface area (Å²) in [7, 11) is 0. The number of nitrogens with zero attached hydrogens (tertiary/aromatic N) is 4. The van der Waals surface area contributed by atoms with E-state index in [1.165, 1.54) is 6.07 Å². The van der Waals surface area contributed by atoms with Crippen molar-refractivity contribution in [3.05, 3.63) is 65.0 Å². The Labute approximate surface area is 215 Å². The van der Waals surface area contributed by atoms with Crippen molar-refractivity contribution in [1.82, 2.24) is 19.7 Å². The van der Waals surface area contributed by atoms with Crippen molar-refractivity contribution < 1.29 is 18.7 Å². The molecule has 0 spiro atoms. The standard InChI is InChI=1S/C27H32ClFN4O3/c1-27(2,3)36-26(34)32-15-18-14-19(28)10-13-22(18)33-24(16-32)30-31-25(33)17-8-11-20(12-9-17)35-23-7-5-4-6-21(23)29/h4-7,10,13-14,17-18,20,22H,8-9,11-12,15-16H2,1-3H3/t17-,18?,20-,22?. The number of benzene rings is 1. The highest BCUT2D eigenvalue weighted by Crippen LogP contribution is 2.40. The van der Waals surface area contributed by atoms with Gasteiger partial charge in [0.15, 0.2) is 17.4 Å². The average Bonchev–Trinajstić information content (AvgIpc) is 3.15. The van der Waals surface area contributed by atoms with Crippen LogP contribution >= 0.6 is 11.6 Å². The number of fused-ring (bicyclic) bond motifs is 3. The van der Waals surface area contributed by atoms with Crippen LogP contribution in [-0.4, -0.2) is 44.0 Å². The molecule has 1 saturated carbocycles. The van der Waals surface area contributed by atoms with Gasteiger partial charge in [0.1, 0.15) is 11.4 Å². The Morgan fingerprint density at radius 1 is 1.14 bits per heavy atom. The van der Waals surface area contributed by atoms with Crippen LogP contribution in [-0.2, 0) is 11.3 Å². The topological polar surface area (TPSA) is 69.5 Å². The molecule has 2 heterocycles. The van der Waals surface area contributed by atoms with E-state index in [-0.39, 0.29) is 35.9 Å². The molecular formula is C27H32ClFN4O3. The molecular weight excluding hydrogens is 483 g/mol. The Bertz CT molecular complexity index is 1180. The number of aromatic nitrogens is 3. The molecule has 5 rings (SSSR count). The Kier molecular flexibility index (Phi) is 6.81. The summed E-state index contributed by atoms with van der Waals surface area (Å²) >= 11 is 6.37. The number of amides is 1. The summed E-state index contributed by atoms with van der Waals surface area (Å²) in [4.78, 5) is 14.7. The third-order valence-electron chi connectivity index (χ3n) is 6.94. The summed E-state index contributed by atoms with van der Waals surface area (Å²) in [6.45, 7) is 6.38. The minimum Gasteiger partial charge on any atom is -0.487 e. The zero-order valence-electron chi connectivity index (χ0n) is 20.9. The van der Waals surface area contributed by atoms with Gasteiger partial charge in [-0.2, -0.15) is 0 Å². The molecule has 7 nitrogen and oxygen atoms in total. The fourth-order valence-corrected chi connectivity index (χ4v) is 5.53. The lowest BCUT2D eigenvalue weighted by atomic mass is 9.86. The second kappa shape index (κ2) is 9.88. The van der Waals surface area contributed by atoms with Crippen LogP contribution < -0.4 is 4.74 Å². The van der Waals surface area contributed by atoms with Crippen LogP contribution in [0.3, 0.4) is 0 Å². The summed E-state index contributed by atoms with van der Waals surface area (Å²) in [5.74, 6) is 1.81.